The van der Waals surface area contributed by atoms with Crippen LogP contribution in [-0.2, 0) is 21.0 Å². The topological polar surface area (TPSA) is 66.8 Å². The standard InChI is InChI=1S/C11H11Cl2NO4/c1-7(15)14(18-6-11(16)17)5-8-2-3-9(12)10(13)4-8/h2-4H,5-6H2,1H3,(H,16,17). The van der Waals surface area contributed by atoms with Crippen LogP contribution in [0.15, 0.2) is 18.2 Å². The molecule has 7 heteroatoms. The van der Waals surface area contributed by atoms with Crippen molar-refractivity contribution in [2.75, 3.05) is 6.61 Å². The van der Waals surface area contributed by atoms with Gasteiger partial charge in [-0.15, -0.1) is 0 Å². The largest absolute Gasteiger partial charge is 0.479 e. The summed E-state index contributed by atoms with van der Waals surface area (Å²) >= 11 is 11.6. The number of benzene rings is 1. The quantitative estimate of drug-likeness (QED) is 0.846. The fraction of sp³-hybridized carbons (Fsp3) is 0.273. The highest BCUT2D eigenvalue weighted by Gasteiger charge is 2.13. The molecule has 18 heavy (non-hydrogen) atoms. The van der Waals surface area contributed by atoms with Gasteiger partial charge in [0.2, 0.25) is 5.91 Å². The van der Waals surface area contributed by atoms with Crippen molar-refractivity contribution in [3.63, 3.8) is 0 Å². The molecule has 0 heterocycles. The van der Waals surface area contributed by atoms with Gasteiger partial charge in [-0.3, -0.25) is 9.63 Å². The molecule has 0 bridgehead atoms. The van der Waals surface area contributed by atoms with Crippen LogP contribution in [0.5, 0.6) is 0 Å². The second kappa shape index (κ2) is 6.58. The van der Waals surface area contributed by atoms with E-state index in [-0.39, 0.29) is 6.54 Å². The molecule has 1 aromatic rings. The minimum Gasteiger partial charge on any atom is -0.479 e. The van der Waals surface area contributed by atoms with Crippen LogP contribution in [0.3, 0.4) is 0 Å². The summed E-state index contributed by atoms with van der Waals surface area (Å²) in [4.78, 5) is 26.5. The van der Waals surface area contributed by atoms with Crippen LogP contribution in [0.4, 0.5) is 0 Å². The number of carboxylic acids is 1. The van der Waals surface area contributed by atoms with Gasteiger partial charge >= 0.3 is 5.97 Å². The van der Waals surface area contributed by atoms with Gasteiger partial charge in [0.1, 0.15) is 0 Å². The maximum atomic E-state index is 11.3. The van der Waals surface area contributed by atoms with Gasteiger partial charge in [-0.2, -0.15) is 0 Å². The van der Waals surface area contributed by atoms with Crippen LogP contribution < -0.4 is 0 Å². The maximum absolute atomic E-state index is 11.3. The Bertz CT molecular complexity index is 464. The van der Waals surface area contributed by atoms with E-state index in [9.17, 15) is 9.59 Å². The molecule has 0 aliphatic heterocycles. The van der Waals surface area contributed by atoms with E-state index in [2.05, 4.69) is 0 Å². The summed E-state index contributed by atoms with van der Waals surface area (Å²) in [5.74, 6) is -1.56. The van der Waals surface area contributed by atoms with Crippen molar-refractivity contribution in [2.45, 2.75) is 13.5 Å². The molecule has 0 atom stereocenters. The van der Waals surface area contributed by atoms with Gasteiger partial charge in [-0.1, -0.05) is 29.3 Å². The molecule has 0 saturated heterocycles. The third-order valence-corrected chi connectivity index (χ3v) is 2.74. The molecule has 0 aliphatic rings. The predicted octanol–water partition coefficient (Wildman–Crippen LogP) is 2.36. The molecular formula is C11H11Cl2NO4. The summed E-state index contributed by atoms with van der Waals surface area (Å²) in [5, 5.41) is 10.2. The van der Waals surface area contributed by atoms with E-state index in [4.69, 9.17) is 33.1 Å². The van der Waals surface area contributed by atoms with Gasteiger partial charge in [-0.25, -0.2) is 9.86 Å². The Balaban J connectivity index is 2.73. The lowest BCUT2D eigenvalue weighted by Crippen LogP contribution is -2.30. The fourth-order valence-corrected chi connectivity index (χ4v) is 1.51. The van der Waals surface area contributed by atoms with Gasteiger partial charge in [0.05, 0.1) is 16.6 Å². The first kappa shape index (κ1) is 14.8. The Hall–Kier alpha value is -1.30. The number of carboxylic acid groups (broad SMARTS) is 1. The lowest BCUT2D eigenvalue weighted by atomic mass is 10.2. The number of aliphatic carboxylic acids is 1. The van der Waals surface area contributed by atoms with Gasteiger partial charge in [0, 0.05) is 6.92 Å². The number of amides is 1. The van der Waals surface area contributed by atoms with Gasteiger partial charge < -0.3 is 5.11 Å². The number of carbonyl (C=O) groups excluding carboxylic acids is 1. The van der Waals surface area contributed by atoms with Crippen LogP contribution in [0.1, 0.15) is 12.5 Å². The summed E-state index contributed by atoms with van der Waals surface area (Å²) in [6.45, 7) is 0.791. The van der Waals surface area contributed by atoms with Crippen molar-refractivity contribution < 1.29 is 19.5 Å². The minimum absolute atomic E-state index is 0.0967. The second-order valence-corrected chi connectivity index (χ2v) is 4.29. The highest BCUT2D eigenvalue weighted by molar-refractivity contribution is 6.42. The number of hydrogen-bond donors (Lipinski definition) is 1. The molecule has 1 N–H and O–H groups in total. The van der Waals surface area contributed by atoms with E-state index >= 15 is 0 Å². The molecule has 0 radical (unpaired) electrons. The smallest absolute Gasteiger partial charge is 0.332 e. The van der Waals surface area contributed by atoms with Crippen molar-refractivity contribution in [1.82, 2.24) is 5.06 Å². The number of rotatable bonds is 5. The molecule has 0 aliphatic carbocycles. The third kappa shape index (κ3) is 4.52. The normalized spacial score (nSPS) is 10.2. The van der Waals surface area contributed by atoms with E-state index in [1.807, 2.05) is 0 Å². The van der Waals surface area contributed by atoms with Crippen molar-refractivity contribution in [3.05, 3.63) is 33.8 Å². The number of halogens is 2. The molecule has 0 fully saturated rings. The number of hydrogen-bond acceptors (Lipinski definition) is 3. The van der Waals surface area contributed by atoms with Crippen LogP contribution in [0.25, 0.3) is 0 Å². The second-order valence-electron chi connectivity index (χ2n) is 3.47. The first-order valence-electron chi connectivity index (χ1n) is 4.97. The lowest BCUT2D eigenvalue weighted by Gasteiger charge is -2.19. The monoisotopic (exact) mass is 291 g/mol. The van der Waals surface area contributed by atoms with Crippen molar-refractivity contribution >= 4 is 35.1 Å². The SMILES string of the molecule is CC(=O)N(Cc1ccc(Cl)c(Cl)c1)OCC(=O)O. The molecule has 5 nitrogen and oxygen atoms in total. The molecule has 1 rings (SSSR count). The zero-order chi connectivity index (χ0) is 13.7. The first-order valence-corrected chi connectivity index (χ1v) is 5.72. The maximum Gasteiger partial charge on any atom is 0.332 e. The van der Waals surface area contributed by atoms with Crippen LogP contribution in [-0.4, -0.2) is 28.7 Å². The van der Waals surface area contributed by atoms with Crippen LogP contribution in [0.2, 0.25) is 10.0 Å². The van der Waals surface area contributed by atoms with Crippen molar-refractivity contribution in [3.8, 4) is 0 Å². The van der Waals surface area contributed by atoms with E-state index in [0.717, 1.165) is 5.06 Å². The van der Waals surface area contributed by atoms with Gasteiger partial charge in [0.25, 0.3) is 0 Å². The molecule has 0 aromatic heterocycles. The molecule has 1 aromatic carbocycles. The van der Waals surface area contributed by atoms with Crippen LogP contribution >= 0.6 is 23.2 Å². The minimum atomic E-state index is -1.16. The summed E-state index contributed by atoms with van der Waals surface area (Å²) < 4.78 is 0. The van der Waals surface area contributed by atoms with Crippen molar-refractivity contribution in [1.29, 1.82) is 0 Å². The Morgan fingerprint density at radius 2 is 2.00 bits per heavy atom. The number of carbonyl (C=O) groups is 2. The molecule has 0 saturated carbocycles. The lowest BCUT2D eigenvalue weighted by molar-refractivity contribution is -0.194. The highest BCUT2D eigenvalue weighted by Crippen LogP contribution is 2.23. The van der Waals surface area contributed by atoms with E-state index in [1.54, 1.807) is 18.2 Å². The molecule has 1 amide bonds. The van der Waals surface area contributed by atoms with Gasteiger partial charge in [0.15, 0.2) is 6.61 Å². The van der Waals surface area contributed by atoms with E-state index in [1.165, 1.54) is 6.92 Å². The third-order valence-electron chi connectivity index (χ3n) is 2.01. The summed E-state index contributed by atoms with van der Waals surface area (Å²) in [5.41, 5.74) is 0.685. The molecule has 0 spiro atoms. The average molecular weight is 292 g/mol. The number of nitrogens with zero attached hydrogens (tertiary/aromatic N) is 1. The molecule has 98 valence electrons. The average Bonchev–Trinajstić information content (AvgIpc) is 2.28. The Morgan fingerprint density at radius 1 is 1.33 bits per heavy atom. The summed E-state index contributed by atoms with van der Waals surface area (Å²) in [6, 6.07) is 4.85. The zero-order valence-electron chi connectivity index (χ0n) is 9.52. The van der Waals surface area contributed by atoms with Crippen molar-refractivity contribution in [2.24, 2.45) is 0 Å². The van der Waals surface area contributed by atoms with Crippen LogP contribution in [0, 0.1) is 0 Å². The Labute approximate surface area is 114 Å². The highest BCUT2D eigenvalue weighted by atomic mass is 35.5. The Kier molecular flexibility index (Phi) is 5.40. The van der Waals surface area contributed by atoms with E-state index in [0.29, 0.717) is 15.6 Å². The molecule has 0 unspecified atom stereocenters. The molecular weight excluding hydrogens is 281 g/mol. The van der Waals surface area contributed by atoms with Gasteiger partial charge in [-0.05, 0) is 17.7 Å². The summed E-state index contributed by atoms with van der Waals surface area (Å²) in [7, 11) is 0. The first-order chi connectivity index (χ1) is 8.40. The van der Waals surface area contributed by atoms with E-state index < -0.39 is 18.5 Å². The Morgan fingerprint density at radius 3 is 2.50 bits per heavy atom. The zero-order valence-corrected chi connectivity index (χ0v) is 11.0. The summed E-state index contributed by atoms with van der Waals surface area (Å²) in [6.07, 6.45) is 0. The number of hydroxylamine groups is 2. The fourth-order valence-electron chi connectivity index (χ4n) is 1.18. The predicted molar refractivity (Wildman–Crippen MR) is 66.3 cm³/mol.